The Morgan fingerprint density at radius 3 is 2.75 bits per heavy atom. The fraction of sp³-hybridized carbons (Fsp3) is 0.231. The lowest BCUT2D eigenvalue weighted by molar-refractivity contribution is -0.385. The lowest BCUT2D eigenvalue weighted by atomic mass is 10.1. The van der Waals surface area contributed by atoms with Crippen molar-refractivity contribution in [1.29, 1.82) is 0 Å². The predicted octanol–water partition coefficient (Wildman–Crippen LogP) is 4.79. The van der Waals surface area contributed by atoms with E-state index in [4.69, 9.17) is 11.6 Å². The van der Waals surface area contributed by atoms with Crippen LogP contribution in [0.3, 0.4) is 0 Å². The summed E-state index contributed by atoms with van der Waals surface area (Å²) in [6, 6.07) is 7.09. The summed E-state index contributed by atoms with van der Waals surface area (Å²) in [7, 11) is 1.95. The van der Waals surface area contributed by atoms with Crippen molar-refractivity contribution in [1.82, 2.24) is 0 Å². The van der Waals surface area contributed by atoms with Gasteiger partial charge in [-0.3, -0.25) is 10.1 Å². The van der Waals surface area contributed by atoms with E-state index in [0.29, 0.717) is 5.56 Å². The van der Waals surface area contributed by atoms with Crippen molar-refractivity contribution in [3.05, 3.63) is 54.7 Å². The highest BCUT2D eigenvalue weighted by Gasteiger charge is 2.15. The summed E-state index contributed by atoms with van der Waals surface area (Å²) >= 11 is 10.9. The molecule has 106 valence electrons. The topological polar surface area (TPSA) is 46.4 Å². The van der Waals surface area contributed by atoms with E-state index in [-0.39, 0.29) is 11.6 Å². The van der Waals surface area contributed by atoms with Gasteiger partial charge in [0.05, 0.1) is 17.3 Å². The van der Waals surface area contributed by atoms with Gasteiger partial charge < -0.3 is 4.90 Å². The first-order valence-electron chi connectivity index (χ1n) is 5.78. The van der Waals surface area contributed by atoms with Crippen LogP contribution in [0.15, 0.2) is 34.1 Å². The van der Waals surface area contributed by atoms with Crippen LogP contribution in [-0.4, -0.2) is 12.0 Å². The number of rotatable bonds is 5. The van der Waals surface area contributed by atoms with Crippen molar-refractivity contribution in [2.24, 2.45) is 0 Å². The van der Waals surface area contributed by atoms with E-state index in [0.717, 1.165) is 16.7 Å². The van der Waals surface area contributed by atoms with Gasteiger partial charge in [0.2, 0.25) is 0 Å². The zero-order valence-electron chi connectivity index (χ0n) is 10.7. The second-order valence-electron chi connectivity index (χ2n) is 4.29. The van der Waals surface area contributed by atoms with Crippen molar-refractivity contribution in [3.8, 4) is 0 Å². The third kappa shape index (κ3) is 3.50. The molecule has 1 aromatic heterocycles. The molecule has 0 saturated carbocycles. The highest BCUT2D eigenvalue weighted by atomic mass is 79.9. The van der Waals surface area contributed by atoms with Crippen molar-refractivity contribution in [2.75, 3.05) is 11.9 Å². The highest BCUT2D eigenvalue weighted by molar-refractivity contribution is 9.10. The van der Waals surface area contributed by atoms with E-state index >= 15 is 0 Å². The van der Waals surface area contributed by atoms with Crippen molar-refractivity contribution < 1.29 is 4.92 Å². The smallest absolute Gasteiger partial charge is 0.273 e. The van der Waals surface area contributed by atoms with Crippen molar-refractivity contribution in [3.63, 3.8) is 0 Å². The number of thiophene rings is 1. The van der Waals surface area contributed by atoms with E-state index in [1.165, 1.54) is 10.9 Å². The average Bonchev–Trinajstić information content (AvgIpc) is 2.83. The summed E-state index contributed by atoms with van der Waals surface area (Å²) in [5.41, 5.74) is 1.51. The molecule has 4 nitrogen and oxygen atoms in total. The van der Waals surface area contributed by atoms with Crippen LogP contribution >= 0.6 is 38.9 Å². The van der Waals surface area contributed by atoms with E-state index < -0.39 is 4.92 Å². The molecule has 2 aromatic rings. The third-order valence-electron chi connectivity index (χ3n) is 2.86. The molecular formula is C13H12BrClN2O2S. The second kappa shape index (κ2) is 6.56. The summed E-state index contributed by atoms with van der Waals surface area (Å²) in [5, 5.41) is 12.9. The molecule has 0 spiro atoms. The molecule has 1 heterocycles. The summed E-state index contributed by atoms with van der Waals surface area (Å²) in [5.74, 6) is 0.128. The predicted molar refractivity (Wildman–Crippen MR) is 86.8 cm³/mol. The molecule has 0 N–H and O–H groups in total. The Balaban J connectivity index is 2.21. The van der Waals surface area contributed by atoms with Gasteiger partial charge in [-0.15, -0.1) is 22.9 Å². The molecule has 0 aliphatic rings. The molecule has 0 amide bonds. The Morgan fingerprint density at radius 2 is 2.20 bits per heavy atom. The van der Waals surface area contributed by atoms with Gasteiger partial charge in [-0.05, 0) is 34.1 Å². The molecule has 7 heteroatoms. The van der Waals surface area contributed by atoms with Gasteiger partial charge in [-0.25, -0.2) is 0 Å². The van der Waals surface area contributed by atoms with Crippen LogP contribution in [0.2, 0.25) is 0 Å². The van der Waals surface area contributed by atoms with Gasteiger partial charge in [0.1, 0.15) is 0 Å². The molecule has 0 atom stereocenters. The van der Waals surface area contributed by atoms with Crippen LogP contribution < -0.4 is 4.90 Å². The maximum Gasteiger partial charge on any atom is 0.273 e. The van der Waals surface area contributed by atoms with E-state index in [9.17, 15) is 10.1 Å². The minimum atomic E-state index is -0.405. The third-order valence-corrected chi connectivity index (χ3v) is 4.83. The lowest BCUT2D eigenvalue weighted by Gasteiger charge is -2.19. The van der Waals surface area contributed by atoms with Gasteiger partial charge in [0.15, 0.2) is 0 Å². The summed E-state index contributed by atoms with van der Waals surface area (Å²) in [6.45, 7) is 0.746. The maximum atomic E-state index is 10.9. The molecule has 0 unspecified atom stereocenters. The van der Waals surface area contributed by atoms with Crippen LogP contribution in [0, 0.1) is 10.1 Å². The summed E-state index contributed by atoms with van der Waals surface area (Å²) in [4.78, 5) is 13.7. The van der Waals surface area contributed by atoms with Crippen LogP contribution in [-0.2, 0) is 12.4 Å². The van der Waals surface area contributed by atoms with Crippen LogP contribution in [0.4, 0.5) is 11.4 Å². The largest absolute Gasteiger partial charge is 0.369 e. The number of anilines is 1. The van der Waals surface area contributed by atoms with Gasteiger partial charge in [-0.2, -0.15) is 0 Å². The van der Waals surface area contributed by atoms with Gasteiger partial charge in [0, 0.05) is 39.1 Å². The molecule has 2 rings (SSSR count). The molecular weight excluding hydrogens is 364 g/mol. The molecule has 20 heavy (non-hydrogen) atoms. The highest BCUT2D eigenvalue weighted by Crippen LogP contribution is 2.28. The Hall–Kier alpha value is -1.11. The Labute approximate surface area is 134 Å². The van der Waals surface area contributed by atoms with Crippen LogP contribution in [0.25, 0.3) is 0 Å². The molecule has 0 aliphatic heterocycles. The number of hydrogen-bond acceptors (Lipinski definition) is 4. The first-order valence-corrected chi connectivity index (χ1v) is 7.99. The van der Waals surface area contributed by atoms with Gasteiger partial charge in [0.25, 0.3) is 5.69 Å². The number of nitro groups is 1. The molecule has 0 fully saturated rings. The number of alkyl halides is 1. The molecule has 0 bridgehead atoms. The monoisotopic (exact) mass is 374 g/mol. The zero-order valence-corrected chi connectivity index (χ0v) is 13.8. The number of nitro benzene ring substituents is 1. The van der Waals surface area contributed by atoms with Crippen LogP contribution in [0.1, 0.15) is 10.4 Å². The fourth-order valence-corrected chi connectivity index (χ4v) is 3.57. The fourth-order valence-electron chi connectivity index (χ4n) is 1.86. The van der Waals surface area contributed by atoms with E-state index in [1.54, 1.807) is 23.5 Å². The minimum absolute atomic E-state index is 0.0658. The molecule has 0 saturated heterocycles. The normalized spacial score (nSPS) is 10.6. The lowest BCUT2D eigenvalue weighted by Crippen LogP contribution is -2.15. The first-order chi connectivity index (χ1) is 9.51. The number of hydrogen-bond donors (Lipinski definition) is 0. The van der Waals surface area contributed by atoms with Crippen molar-refractivity contribution >= 4 is 50.2 Å². The first kappa shape index (κ1) is 15.3. The molecule has 0 radical (unpaired) electrons. The number of halogens is 2. The summed E-state index contributed by atoms with van der Waals surface area (Å²) < 4.78 is 1.07. The summed E-state index contributed by atoms with van der Waals surface area (Å²) in [6.07, 6.45) is 0. The van der Waals surface area contributed by atoms with E-state index in [1.807, 2.05) is 17.3 Å². The van der Waals surface area contributed by atoms with Crippen molar-refractivity contribution in [2.45, 2.75) is 12.4 Å². The molecule has 0 aliphatic carbocycles. The van der Waals surface area contributed by atoms with E-state index in [2.05, 4.69) is 22.0 Å². The quantitative estimate of drug-likeness (QED) is 0.428. The van der Waals surface area contributed by atoms with Gasteiger partial charge >= 0.3 is 0 Å². The Bertz CT molecular complexity index is 633. The molecule has 1 aromatic carbocycles. The standard InChI is InChI=1S/C13H12BrClN2O2S/c1-16(7-12-5-10(14)8-20-12)11-2-3-13(17(18)19)9(4-11)6-15/h2-5,8H,6-7H2,1H3. The zero-order chi connectivity index (χ0) is 14.7. The second-order valence-corrected chi connectivity index (χ2v) is 6.47. The minimum Gasteiger partial charge on any atom is -0.369 e. The Morgan fingerprint density at radius 1 is 1.45 bits per heavy atom. The number of nitrogens with zero attached hydrogens (tertiary/aromatic N) is 2. The maximum absolute atomic E-state index is 10.9. The number of benzene rings is 1. The van der Waals surface area contributed by atoms with Crippen LogP contribution in [0.5, 0.6) is 0 Å². The SMILES string of the molecule is CN(Cc1cc(Br)cs1)c1ccc([N+](=O)[O-])c(CCl)c1. The Kier molecular flexibility index (Phi) is 5.01. The average molecular weight is 376 g/mol. The van der Waals surface area contributed by atoms with Gasteiger partial charge in [-0.1, -0.05) is 0 Å².